The number of benzene rings is 1. The third-order valence-corrected chi connectivity index (χ3v) is 5.28. The summed E-state index contributed by atoms with van der Waals surface area (Å²) in [6.07, 6.45) is -10.8. The first-order valence-corrected chi connectivity index (χ1v) is 8.12. The molecule has 24 heavy (non-hydrogen) atoms. The average molecular weight is 374 g/mol. The molecule has 2 aromatic rings. The quantitative estimate of drug-likeness (QED) is 0.768. The van der Waals surface area contributed by atoms with E-state index in [1.54, 1.807) is 18.4 Å². The second kappa shape index (κ2) is 5.64. The predicted octanol–water partition coefficient (Wildman–Crippen LogP) is 3.63. The van der Waals surface area contributed by atoms with Gasteiger partial charge in [-0.05, 0) is 32.0 Å². The number of rotatable bonds is 4. The molecule has 0 aliphatic rings. The van der Waals surface area contributed by atoms with Gasteiger partial charge in [0.1, 0.15) is 5.82 Å². The molecule has 1 heterocycles. The third kappa shape index (κ3) is 2.74. The summed E-state index contributed by atoms with van der Waals surface area (Å²) in [5.74, 6) is 0.465. The molecule has 4 nitrogen and oxygen atoms in total. The Bertz CT molecular complexity index is 872. The molecule has 0 N–H and O–H groups in total. The number of halogens is 6. The van der Waals surface area contributed by atoms with Crippen LogP contribution >= 0.6 is 0 Å². The smallest absolute Gasteiger partial charge is 0.329 e. The summed E-state index contributed by atoms with van der Waals surface area (Å²) in [7, 11) is -5.90. The van der Waals surface area contributed by atoms with Crippen molar-refractivity contribution < 1.29 is 34.8 Å². The summed E-state index contributed by atoms with van der Waals surface area (Å²) >= 11 is 0. The fraction of sp³-hybridized carbons (Fsp3) is 0.462. The van der Waals surface area contributed by atoms with Crippen molar-refractivity contribution in [2.24, 2.45) is 0 Å². The van der Waals surface area contributed by atoms with Gasteiger partial charge in [0.05, 0.1) is 15.9 Å². The van der Waals surface area contributed by atoms with E-state index in [-0.39, 0.29) is 5.52 Å². The van der Waals surface area contributed by atoms with Crippen molar-refractivity contribution in [3.8, 4) is 0 Å². The number of aromatic nitrogens is 2. The Morgan fingerprint density at radius 1 is 1.21 bits per heavy atom. The molecular formula is C13H12F6N2O2S. The van der Waals surface area contributed by atoms with Crippen molar-refractivity contribution in [3.05, 3.63) is 24.0 Å². The van der Waals surface area contributed by atoms with E-state index in [1.165, 1.54) is 0 Å². The van der Waals surface area contributed by atoms with Crippen molar-refractivity contribution in [1.29, 1.82) is 0 Å². The number of aryl methyl sites for hydroxylation is 2. The summed E-state index contributed by atoms with van der Waals surface area (Å²) in [6, 6.07) is 2.56. The number of hydrogen-bond donors (Lipinski definition) is 0. The molecule has 0 aliphatic heterocycles. The van der Waals surface area contributed by atoms with Gasteiger partial charge < -0.3 is 4.57 Å². The second-order valence-corrected chi connectivity index (χ2v) is 7.05. The van der Waals surface area contributed by atoms with Crippen LogP contribution in [0.4, 0.5) is 26.3 Å². The van der Waals surface area contributed by atoms with E-state index < -0.39 is 32.3 Å². The largest absolute Gasteiger partial charge is 0.426 e. The summed E-state index contributed by atoms with van der Waals surface area (Å²) in [5.41, 5.74) is 0.429. The Hall–Kier alpha value is -1.78. The van der Waals surface area contributed by atoms with E-state index in [4.69, 9.17) is 0 Å². The summed E-state index contributed by atoms with van der Waals surface area (Å²) in [6.45, 7) is 3.82. The Kier molecular flexibility index (Phi) is 4.36. The van der Waals surface area contributed by atoms with Gasteiger partial charge in [0, 0.05) is 6.54 Å². The van der Waals surface area contributed by atoms with Crippen LogP contribution in [0.2, 0.25) is 0 Å². The fourth-order valence-electron chi connectivity index (χ4n) is 2.28. The number of hydrogen-bond acceptors (Lipinski definition) is 3. The van der Waals surface area contributed by atoms with Crippen LogP contribution in [0.1, 0.15) is 12.7 Å². The molecule has 0 saturated carbocycles. The van der Waals surface area contributed by atoms with Crippen molar-refractivity contribution in [1.82, 2.24) is 9.55 Å². The van der Waals surface area contributed by atoms with Crippen LogP contribution in [-0.4, -0.2) is 35.6 Å². The Balaban J connectivity index is 2.59. The first-order chi connectivity index (χ1) is 10.8. The highest BCUT2D eigenvalue weighted by Crippen LogP contribution is 2.41. The Labute approximate surface area is 133 Å². The summed E-state index contributed by atoms with van der Waals surface area (Å²) in [4.78, 5) is 2.84. The molecule has 1 atom stereocenters. The SMILES string of the molecule is CCn1c(C)nc2cc(S(=O)(=O)C(F)(F)[C@H](F)C(F)(F)F)ccc21. The molecule has 0 saturated heterocycles. The third-order valence-electron chi connectivity index (χ3n) is 3.48. The van der Waals surface area contributed by atoms with E-state index in [1.807, 2.05) is 0 Å². The van der Waals surface area contributed by atoms with Crippen LogP contribution in [0.3, 0.4) is 0 Å². The zero-order valence-electron chi connectivity index (χ0n) is 12.4. The monoisotopic (exact) mass is 374 g/mol. The molecule has 0 amide bonds. The second-order valence-electron chi connectivity index (χ2n) is 5.02. The minimum Gasteiger partial charge on any atom is -0.329 e. The van der Waals surface area contributed by atoms with Gasteiger partial charge in [0.25, 0.3) is 6.17 Å². The van der Waals surface area contributed by atoms with Crippen molar-refractivity contribution >= 4 is 20.9 Å². The van der Waals surface area contributed by atoms with Crippen LogP contribution in [0.15, 0.2) is 23.1 Å². The topological polar surface area (TPSA) is 52.0 Å². The first-order valence-electron chi connectivity index (χ1n) is 6.64. The van der Waals surface area contributed by atoms with Crippen molar-refractivity contribution in [3.63, 3.8) is 0 Å². The molecule has 0 bridgehead atoms. The molecule has 0 unspecified atom stereocenters. The Morgan fingerprint density at radius 2 is 1.79 bits per heavy atom. The maximum Gasteiger partial charge on any atom is 0.426 e. The molecule has 1 aromatic carbocycles. The molecular weight excluding hydrogens is 362 g/mol. The van der Waals surface area contributed by atoms with Gasteiger partial charge in [-0.15, -0.1) is 0 Å². The Morgan fingerprint density at radius 3 is 2.29 bits per heavy atom. The first kappa shape index (κ1) is 18.6. The highest BCUT2D eigenvalue weighted by atomic mass is 32.2. The zero-order valence-corrected chi connectivity index (χ0v) is 13.2. The standard InChI is InChI=1S/C13H12F6N2O2S/c1-3-21-7(2)20-9-6-8(4-5-10(9)21)24(22,23)13(18,19)11(14)12(15,16)17/h4-6,11H,3H2,1-2H3/t11-/m1/s1. The maximum atomic E-state index is 13.6. The molecule has 1 aromatic heterocycles. The number of nitrogens with zero attached hydrogens (tertiary/aromatic N) is 2. The van der Waals surface area contributed by atoms with Crippen LogP contribution in [-0.2, 0) is 16.4 Å². The van der Waals surface area contributed by atoms with Crippen LogP contribution < -0.4 is 0 Å². The van der Waals surface area contributed by atoms with Crippen molar-refractivity contribution in [2.45, 2.75) is 42.9 Å². The van der Waals surface area contributed by atoms with E-state index in [0.717, 1.165) is 6.07 Å². The van der Waals surface area contributed by atoms with Gasteiger partial charge in [-0.3, -0.25) is 0 Å². The summed E-state index contributed by atoms with van der Waals surface area (Å²) < 4.78 is 102. The lowest BCUT2D eigenvalue weighted by Crippen LogP contribution is -2.47. The van der Waals surface area contributed by atoms with Crippen LogP contribution in [0, 0.1) is 6.92 Å². The van der Waals surface area contributed by atoms with E-state index in [0.29, 0.717) is 30.0 Å². The molecule has 11 heteroatoms. The maximum absolute atomic E-state index is 13.6. The average Bonchev–Trinajstić information content (AvgIpc) is 2.79. The molecule has 0 fully saturated rings. The van der Waals surface area contributed by atoms with Crippen LogP contribution in [0.25, 0.3) is 11.0 Å². The molecule has 2 rings (SSSR count). The van der Waals surface area contributed by atoms with Gasteiger partial charge in [-0.25, -0.2) is 17.8 Å². The molecule has 0 aliphatic carbocycles. The van der Waals surface area contributed by atoms with Crippen LogP contribution in [0.5, 0.6) is 0 Å². The van der Waals surface area contributed by atoms with E-state index >= 15 is 0 Å². The number of alkyl halides is 6. The molecule has 134 valence electrons. The van der Waals surface area contributed by atoms with Gasteiger partial charge in [0.15, 0.2) is 0 Å². The highest BCUT2D eigenvalue weighted by molar-refractivity contribution is 7.92. The number of imidazole rings is 1. The van der Waals surface area contributed by atoms with Gasteiger partial charge in [-0.1, -0.05) is 0 Å². The number of sulfone groups is 1. The van der Waals surface area contributed by atoms with Gasteiger partial charge in [-0.2, -0.15) is 22.0 Å². The van der Waals surface area contributed by atoms with Gasteiger partial charge in [0.2, 0.25) is 9.84 Å². The minimum atomic E-state index is -6.01. The predicted molar refractivity (Wildman–Crippen MR) is 73.2 cm³/mol. The molecule has 0 radical (unpaired) electrons. The van der Waals surface area contributed by atoms with Gasteiger partial charge >= 0.3 is 11.4 Å². The number of fused-ring (bicyclic) bond motifs is 1. The van der Waals surface area contributed by atoms with Crippen molar-refractivity contribution in [2.75, 3.05) is 0 Å². The molecule has 0 spiro atoms. The zero-order chi connectivity index (χ0) is 18.5. The lowest BCUT2D eigenvalue weighted by atomic mass is 10.3. The normalized spacial score (nSPS) is 15.0. The van der Waals surface area contributed by atoms with E-state index in [9.17, 15) is 34.8 Å². The summed E-state index contributed by atoms with van der Waals surface area (Å²) in [5, 5.41) is -5.65. The minimum absolute atomic E-state index is 0.00800. The fourth-order valence-corrected chi connectivity index (χ4v) is 3.51. The highest BCUT2D eigenvalue weighted by Gasteiger charge is 2.64. The lowest BCUT2D eigenvalue weighted by molar-refractivity contribution is -0.221. The van der Waals surface area contributed by atoms with E-state index in [2.05, 4.69) is 4.98 Å². The lowest BCUT2D eigenvalue weighted by Gasteiger charge is -2.22.